The number of rotatable bonds is 3. The van der Waals surface area contributed by atoms with Crippen molar-refractivity contribution in [2.24, 2.45) is 0 Å². The van der Waals surface area contributed by atoms with Gasteiger partial charge >= 0.3 is 0 Å². The molecule has 0 atom stereocenters. The van der Waals surface area contributed by atoms with Gasteiger partial charge in [-0.3, -0.25) is 4.79 Å². The molecule has 0 spiro atoms. The Balaban J connectivity index is 1.38. The van der Waals surface area contributed by atoms with E-state index in [0.29, 0.717) is 11.6 Å². The number of piperazine rings is 1. The van der Waals surface area contributed by atoms with Crippen LogP contribution in [0.15, 0.2) is 42.5 Å². The molecular formula is C18H20N4O. The fourth-order valence-corrected chi connectivity index (χ4v) is 3.02. The maximum absolute atomic E-state index is 12.5. The number of hydrogen-bond acceptors (Lipinski definition) is 4. The molecule has 1 saturated heterocycles. The van der Waals surface area contributed by atoms with Crippen molar-refractivity contribution in [3.63, 3.8) is 0 Å². The maximum atomic E-state index is 12.5. The molecule has 5 nitrogen and oxygen atoms in total. The zero-order valence-corrected chi connectivity index (χ0v) is 13.1. The molecule has 0 N–H and O–H groups in total. The Morgan fingerprint density at radius 1 is 0.913 bits per heavy atom. The Morgan fingerprint density at radius 2 is 1.65 bits per heavy atom. The highest BCUT2D eigenvalue weighted by molar-refractivity contribution is 5.92. The minimum Gasteiger partial charge on any atom is -0.368 e. The van der Waals surface area contributed by atoms with Crippen LogP contribution in [0.2, 0.25) is 0 Å². The highest BCUT2D eigenvalue weighted by Crippen LogP contribution is 2.38. The van der Waals surface area contributed by atoms with Gasteiger partial charge < -0.3 is 9.80 Å². The van der Waals surface area contributed by atoms with Gasteiger partial charge in [-0.25, -0.2) is 0 Å². The Hall–Kier alpha value is -2.43. The first-order valence-electron chi connectivity index (χ1n) is 8.24. The van der Waals surface area contributed by atoms with Crippen molar-refractivity contribution in [2.45, 2.75) is 18.8 Å². The van der Waals surface area contributed by atoms with E-state index < -0.39 is 0 Å². The molecule has 4 rings (SSSR count). The first kappa shape index (κ1) is 14.2. The van der Waals surface area contributed by atoms with E-state index in [-0.39, 0.29) is 5.91 Å². The Bertz CT molecular complexity index is 674. The van der Waals surface area contributed by atoms with Crippen LogP contribution < -0.4 is 4.90 Å². The maximum Gasteiger partial charge on any atom is 0.274 e. The standard InChI is InChI=1S/C18H20N4O/c23-18(17-9-8-16(19-20-17)14-6-7-14)22-12-10-21(11-13-22)15-4-2-1-3-5-15/h1-5,8-9,14H,6-7,10-13H2. The lowest BCUT2D eigenvalue weighted by atomic mass is 10.2. The van der Waals surface area contributed by atoms with Crippen LogP contribution in [-0.4, -0.2) is 47.2 Å². The minimum absolute atomic E-state index is 0.00689. The van der Waals surface area contributed by atoms with E-state index in [1.54, 1.807) is 0 Å². The summed E-state index contributed by atoms with van der Waals surface area (Å²) in [5, 5.41) is 8.35. The molecule has 2 aromatic rings. The molecule has 2 aliphatic rings. The van der Waals surface area contributed by atoms with Crippen LogP contribution in [0.3, 0.4) is 0 Å². The van der Waals surface area contributed by atoms with E-state index in [1.807, 2.05) is 35.2 Å². The van der Waals surface area contributed by atoms with Crippen LogP contribution in [-0.2, 0) is 0 Å². The molecule has 2 heterocycles. The third-order valence-corrected chi connectivity index (χ3v) is 4.59. The fourth-order valence-electron chi connectivity index (χ4n) is 3.02. The molecule has 23 heavy (non-hydrogen) atoms. The number of aromatic nitrogens is 2. The van der Waals surface area contributed by atoms with E-state index in [4.69, 9.17) is 0 Å². The van der Waals surface area contributed by atoms with Crippen molar-refractivity contribution in [1.29, 1.82) is 0 Å². The third kappa shape index (κ3) is 3.04. The molecule has 1 aromatic carbocycles. The first-order chi connectivity index (χ1) is 11.3. The van der Waals surface area contributed by atoms with Crippen LogP contribution in [0.5, 0.6) is 0 Å². The van der Waals surface area contributed by atoms with Crippen LogP contribution >= 0.6 is 0 Å². The first-order valence-corrected chi connectivity index (χ1v) is 8.24. The summed E-state index contributed by atoms with van der Waals surface area (Å²) in [5.74, 6) is 0.564. The fraction of sp³-hybridized carbons (Fsp3) is 0.389. The summed E-state index contributed by atoms with van der Waals surface area (Å²) in [6.07, 6.45) is 2.40. The summed E-state index contributed by atoms with van der Waals surface area (Å²) < 4.78 is 0. The monoisotopic (exact) mass is 308 g/mol. The summed E-state index contributed by atoms with van der Waals surface area (Å²) in [7, 11) is 0. The van der Waals surface area contributed by atoms with Gasteiger partial charge in [-0.15, -0.1) is 5.10 Å². The zero-order valence-electron chi connectivity index (χ0n) is 13.1. The van der Waals surface area contributed by atoms with Gasteiger partial charge in [0.25, 0.3) is 5.91 Å². The van der Waals surface area contributed by atoms with Gasteiger partial charge in [0.15, 0.2) is 5.69 Å². The average Bonchev–Trinajstić information content (AvgIpc) is 3.47. The predicted octanol–water partition coefficient (Wildman–Crippen LogP) is 2.32. The van der Waals surface area contributed by atoms with Gasteiger partial charge in [-0.1, -0.05) is 18.2 Å². The van der Waals surface area contributed by atoms with Crippen molar-refractivity contribution in [1.82, 2.24) is 15.1 Å². The second kappa shape index (κ2) is 5.99. The van der Waals surface area contributed by atoms with Crippen LogP contribution in [0.1, 0.15) is 34.9 Å². The average molecular weight is 308 g/mol. The number of benzene rings is 1. The highest BCUT2D eigenvalue weighted by Gasteiger charge is 2.27. The van der Waals surface area contributed by atoms with Crippen molar-refractivity contribution in [3.05, 3.63) is 53.9 Å². The zero-order chi connectivity index (χ0) is 15.6. The molecule has 0 radical (unpaired) electrons. The number of nitrogens with zero attached hydrogens (tertiary/aromatic N) is 4. The van der Waals surface area contributed by atoms with E-state index in [1.165, 1.54) is 18.5 Å². The summed E-state index contributed by atoms with van der Waals surface area (Å²) in [6, 6.07) is 14.1. The lowest BCUT2D eigenvalue weighted by molar-refractivity contribution is 0.0739. The molecule has 5 heteroatoms. The Kier molecular flexibility index (Phi) is 3.69. The summed E-state index contributed by atoms with van der Waals surface area (Å²) in [4.78, 5) is 16.7. The minimum atomic E-state index is -0.00689. The lowest BCUT2D eigenvalue weighted by Gasteiger charge is -2.35. The Labute approximate surface area is 135 Å². The number of carbonyl (C=O) groups excluding carboxylic acids is 1. The molecule has 118 valence electrons. The molecule has 1 amide bonds. The summed E-state index contributed by atoms with van der Waals surface area (Å²) in [5.41, 5.74) is 2.70. The van der Waals surface area contributed by atoms with Gasteiger partial charge in [0, 0.05) is 37.8 Å². The number of carbonyl (C=O) groups is 1. The third-order valence-electron chi connectivity index (χ3n) is 4.59. The number of anilines is 1. The van der Waals surface area contributed by atoms with Gasteiger partial charge in [0.2, 0.25) is 0 Å². The van der Waals surface area contributed by atoms with Gasteiger partial charge in [-0.05, 0) is 37.1 Å². The Morgan fingerprint density at radius 3 is 2.26 bits per heavy atom. The van der Waals surface area contributed by atoms with Crippen molar-refractivity contribution in [3.8, 4) is 0 Å². The van der Waals surface area contributed by atoms with Gasteiger partial charge in [0.1, 0.15) is 0 Å². The molecule has 0 bridgehead atoms. The van der Waals surface area contributed by atoms with Gasteiger partial charge in [0.05, 0.1) is 5.69 Å². The topological polar surface area (TPSA) is 49.3 Å². The predicted molar refractivity (Wildman–Crippen MR) is 88.6 cm³/mol. The lowest BCUT2D eigenvalue weighted by Crippen LogP contribution is -2.49. The van der Waals surface area contributed by atoms with Gasteiger partial charge in [-0.2, -0.15) is 5.10 Å². The molecule has 1 aliphatic carbocycles. The van der Waals surface area contributed by atoms with Crippen LogP contribution in [0, 0.1) is 0 Å². The molecule has 1 saturated carbocycles. The SMILES string of the molecule is O=C(c1ccc(C2CC2)nn1)N1CCN(c2ccccc2)CC1. The smallest absolute Gasteiger partial charge is 0.274 e. The summed E-state index contributed by atoms with van der Waals surface area (Å²) >= 11 is 0. The van der Waals surface area contributed by atoms with Crippen molar-refractivity contribution < 1.29 is 4.79 Å². The number of amides is 1. The second-order valence-electron chi connectivity index (χ2n) is 6.23. The largest absolute Gasteiger partial charge is 0.368 e. The molecule has 2 fully saturated rings. The quantitative estimate of drug-likeness (QED) is 0.873. The molecule has 0 unspecified atom stereocenters. The van der Waals surface area contributed by atoms with Crippen LogP contribution in [0.25, 0.3) is 0 Å². The molecule has 1 aromatic heterocycles. The number of hydrogen-bond donors (Lipinski definition) is 0. The van der Waals surface area contributed by atoms with E-state index >= 15 is 0 Å². The van der Waals surface area contributed by atoms with Crippen molar-refractivity contribution >= 4 is 11.6 Å². The van der Waals surface area contributed by atoms with E-state index in [2.05, 4.69) is 27.2 Å². The molecular weight excluding hydrogens is 288 g/mol. The summed E-state index contributed by atoms with van der Waals surface area (Å²) in [6.45, 7) is 3.15. The van der Waals surface area contributed by atoms with Crippen LogP contribution in [0.4, 0.5) is 5.69 Å². The van der Waals surface area contributed by atoms with E-state index in [9.17, 15) is 4.79 Å². The second-order valence-corrected chi connectivity index (χ2v) is 6.23. The highest BCUT2D eigenvalue weighted by atomic mass is 16.2. The van der Waals surface area contributed by atoms with Crippen molar-refractivity contribution in [2.75, 3.05) is 31.1 Å². The van der Waals surface area contributed by atoms with E-state index in [0.717, 1.165) is 31.9 Å². The normalized spacial score (nSPS) is 18.1. The number of para-hydroxylation sites is 1. The molecule has 1 aliphatic heterocycles.